The Balaban J connectivity index is 0.000000243. The maximum Gasteiger partial charge on any atom is 0.346 e. The minimum atomic E-state index is -0.922. The highest BCUT2D eigenvalue weighted by Gasteiger charge is 1.93. The van der Waals surface area contributed by atoms with Gasteiger partial charge in [-0.1, -0.05) is 60.7 Å². The average molecular weight is 321 g/mol. The largest absolute Gasteiger partial charge is 0.478 e. The van der Waals surface area contributed by atoms with Gasteiger partial charge in [-0.3, -0.25) is 0 Å². The number of ether oxygens (including phenoxy) is 1. The van der Waals surface area contributed by atoms with Gasteiger partial charge in [0.2, 0.25) is 0 Å². The third-order valence-electron chi connectivity index (χ3n) is 2.58. The van der Waals surface area contributed by atoms with Crippen LogP contribution in [0.15, 0.2) is 72.8 Å². The number of carboxylic acid groups (broad SMARTS) is 1. The van der Waals surface area contributed by atoms with E-state index in [4.69, 9.17) is 10.4 Å². The van der Waals surface area contributed by atoms with Crippen LogP contribution in [0, 0.1) is 11.5 Å². The van der Waals surface area contributed by atoms with Gasteiger partial charge in [0.05, 0.1) is 0 Å². The Morgan fingerprint density at radius 2 is 1.33 bits per heavy atom. The molecule has 0 aliphatic heterocycles. The number of esters is 1. The first-order valence-corrected chi connectivity index (χ1v) is 6.91. The van der Waals surface area contributed by atoms with Gasteiger partial charge >= 0.3 is 11.9 Å². The summed E-state index contributed by atoms with van der Waals surface area (Å²) in [6.45, 7) is 0. The van der Waals surface area contributed by atoms with Crippen molar-refractivity contribution in [3.8, 4) is 6.26 Å². The summed E-state index contributed by atoms with van der Waals surface area (Å²) < 4.78 is 4.04. The molecule has 0 aliphatic carbocycles. The summed E-state index contributed by atoms with van der Waals surface area (Å²) in [5.74, 6) is -1.58. The number of benzene rings is 2. The number of hydrogen-bond acceptors (Lipinski definition) is 4. The van der Waals surface area contributed by atoms with Crippen molar-refractivity contribution in [2.24, 2.45) is 0 Å². The molecule has 0 saturated heterocycles. The second kappa shape index (κ2) is 11.0. The Morgan fingerprint density at radius 1 is 0.875 bits per heavy atom. The molecule has 0 aliphatic rings. The van der Waals surface area contributed by atoms with Crippen LogP contribution in [0.2, 0.25) is 0 Å². The number of carbonyl (C=O) groups is 2. The smallest absolute Gasteiger partial charge is 0.346 e. The molecule has 0 heterocycles. The molecule has 2 rings (SSSR count). The Hall–Kier alpha value is -3.65. The van der Waals surface area contributed by atoms with Crippen molar-refractivity contribution in [2.75, 3.05) is 0 Å². The van der Waals surface area contributed by atoms with Crippen LogP contribution in [-0.4, -0.2) is 17.0 Å². The van der Waals surface area contributed by atoms with E-state index in [0.29, 0.717) is 0 Å². The highest BCUT2D eigenvalue weighted by molar-refractivity contribution is 5.87. The molecule has 5 heteroatoms. The summed E-state index contributed by atoms with van der Waals surface area (Å²) in [7, 11) is 0. The number of nitrogens with zero attached hydrogens (tertiary/aromatic N) is 1. The molecule has 1 N–H and O–H groups in total. The maximum absolute atomic E-state index is 10.7. The van der Waals surface area contributed by atoms with E-state index in [2.05, 4.69) is 4.74 Å². The summed E-state index contributed by atoms with van der Waals surface area (Å²) in [6, 6.07) is 18.6. The number of nitriles is 1. The van der Waals surface area contributed by atoms with Crippen LogP contribution in [0.1, 0.15) is 11.1 Å². The second-order valence-electron chi connectivity index (χ2n) is 4.34. The van der Waals surface area contributed by atoms with Crippen LogP contribution in [0.4, 0.5) is 0 Å². The SMILES string of the molecule is N#COC(=O)C=Cc1ccccc1.O=C(O)C=Cc1ccccc1. The third kappa shape index (κ3) is 8.60. The Kier molecular flexibility index (Phi) is 8.42. The zero-order valence-corrected chi connectivity index (χ0v) is 12.7. The first-order chi connectivity index (χ1) is 11.6. The van der Waals surface area contributed by atoms with E-state index < -0.39 is 11.9 Å². The highest BCUT2D eigenvalue weighted by Crippen LogP contribution is 2.01. The van der Waals surface area contributed by atoms with Crippen molar-refractivity contribution in [2.45, 2.75) is 0 Å². The number of hydrogen-bond donors (Lipinski definition) is 1. The van der Waals surface area contributed by atoms with E-state index >= 15 is 0 Å². The van der Waals surface area contributed by atoms with Gasteiger partial charge in [-0.25, -0.2) is 9.59 Å². The van der Waals surface area contributed by atoms with Crippen molar-refractivity contribution < 1.29 is 19.4 Å². The Labute approximate surface area is 139 Å². The maximum atomic E-state index is 10.7. The monoisotopic (exact) mass is 321 g/mol. The molecule has 0 unspecified atom stereocenters. The first-order valence-electron chi connectivity index (χ1n) is 6.91. The summed E-state index contributed by atoms with van der Waals surface area (Å²) in [5, 5.41) is 16.3. The van der Waals surface area contributed by atoms with Gasteiger partial charge in [-0.2, -0.15) is 0 Å². The minimum Gasteiger partial charge on any atom is -0.478 e. The van der Waals surface area contributed by atoms with Gasteiger partial charge in [-0.05, 0) is 23.3 Å². The fraction of sp³-hybridized carbons (Fsp3) is 0. The molecule has 2 aromatic rings. The van der Waals surface area contributed by atoms with E-state index in [-0.39, 0.29) is 0 Å². The molecular formula is C19H15NO4. The van der Waals surface area contributed by atoms with Gasteiger partial charge in [-0.15, -0.1) is 5.26 Å². The average Bonchev–Trinajstić information content (AvgIpc) is 2.61. The normalized spacial score (nSPS) is 9.79. The molecule has 0 amide bonds. The lowest BCUT2D eigenvalue weighted by Crippen LogP contribution is -1.92. The van der Waals surface area contributed by atoms with Gasteiger partial charge < -0.3 is 9.84 Å². The van der Waals surface area contributed by atoms with Gasteiger partial charge in [0.15, 0.2) is 0 Å². The Morgan fingerprint density at radius 3 is 1.75 bits per heavy atom. The lowest BCUT2D eigenvalue weighted by molar-refractivity contribution is -0.132. The standard InChI is InChI=1S/C10H7NO2.C9H8O2/c11-8-13-10(12)7-6-9-4-2-1-3-5-9;10-9(11)7-6-8-4-2-1-3-5-8/h1-7H;1-7H,(H,10,11). The molecule has 24 heavy (non-hydrogen) atoms. The van der Waals surface area contributed by atoms with Crippen LogP contribution < -0.4 is 0 Å². The molecule has 0 aromatic heterocycles. The quantitative estimate of drug-likeness (QED) is 0.529. The first kappa shape index (κ1) is 18.4. The fourth-order valence-corrected chi connectivity index (χ4v) is 1.54. The van der Waals surface area contributed by atoms with Crippen molar-refractivity contribution in [3.05, 3.63) is 83.9 Å². The molecule has 0 atom stereocenters. The summed E-state index contributed by atoms with van der Waals surface area (Å²) in [6.07, 6.45) is 6.77. The zero-order valence-electron chi connectivity index (χ0n) is 12.7. The highest BCUT2D eigenvalue weighted by atomic mass is 16.5. The van der Waals surface area contributed by atoms with E-state index in [1.54, 1.807) is 12.2 Å². The predicted molar refractivity (Wildman–Crippen MR) is 90.3 cm³/mol. The lowest BCUT2D eigenvalue weighted by Gasteiger charge is -1.89. The van der Waals surface area contributed by atoms with Gasteiger partial charge in [0.25, 0.3) is 6.26 Å². The lowest BCUT2D eigenvalue weighted by atomic mass is 10.2. The molecular weight excluding hydrogens is 306 g/mol. The van der Waals surface area contributed by atoms with Crippen molar-refractivity contribution >= 4 is 24.1 Å². The van der Waals surface area contributed by atoms with Crippen LogP contribution in [-0.2, 0) is 14.3 Å². The summed E-state index contributed by atoms with van der Waals surface area (Å²) >= 11 is 0. The molecule has 120 valence electrons. The molecule has 0 spiro atoms. The number of carbonyl (C=O) groups excluding carboxylic acids is 1. The zero-order chi connectivity index (χ0) is 17.6. The second-order valence-corrected chi connectivity index (χ2v) is 4.34. The van der Waals surface area contributed by atoms with E-state index in [1.807, 2.05) is 60.7 Å². The van der Waals surface area contributed by atoms with Gasteiger partial charge in [0, 0.05) is 12.2 Å². The summed E-state index contributed by atoms with van der Waals surface area (Å²) in [4.78, 5) is 20.8. The van der Waals surface area contributed by atoms with E-state index in [9.17, 15) is 9.59 Å². The third-order valence-corrected chi connectivity index (χ3v) is 2.58. The summed E-state index contributed by atoms with van der Waals surface area (Å²) in [5.41, 5.74) is 1.78. The van der Waals surface area contributed by atoms with E-state index in [0.717, 1.165) is 17.2 Å². The van der Waals surface area contributed by atoms with Crippen LogP contribution >= 0.6 is 0 Å². The minimum absolute atomic E-state index is 0.661. The van der Waals surface area contributed by atoms with Crippen LogP contribution in [0.5, 0.6) is 0 Å². The molecule has 0 radical (unpaired) electrons. The number of aliphatic carboxylic acids is 1. The van der Waals surface area contributed by atoms with Gasteiger partial charge in [0.1, 0.15) is 0 Å². The topological polar surface area (TPSA) is 87.4 Å². The van der Waals surface area contributed by atoms with E-state index in [1.165, 1.54) is 12.3 Å². The van der Waals surface area contributed by atoms with Crippen molar-refractivity contribution in [1.82, 2.24) is 0 Å². The van der Waals surface area contributed by atoms with Crippen LogP contribution in [0.25, 0.3) is 12.2 Å². The number of rotatable bonds is 4. The molecule has 0 fully saturated rings. The molecule has 0 saturated carbocycles. The fourth-order valence-electron chi connectivity index (χ4n) is 1.54. The van der Waals surface area contributed by atoms with Crippen molar-refractivity contribution in [1.29, 1.82) is 5.26 Å². The van der Waals surface area contributed by atoms with Crippen LogP contribution in [0.3, 0.4) is 0 Å². The predicted octanol–water partition coefficient (Wildman–Crippen LogP) is 3.51. The number of carboxylic acids is 1. The molecule has 2 aromatic carbocycles. The van der Waals surface area contributed by atoms with Crippen molar-refractivity contribution in [3.63, 3.8) is 0 Å². The molecule has 0 bridgehead atoms. The Bertz CT molecular complexity index is 744. The molecule has 5 nitrogen and oxygen atoms in total.